The lowest BCUT2D eigenvalue weighted by Crippen LogP contribution is -2.45. The van der Waals surface area contributed by atoms with Gasteiger partial charge in [-0.05, 0) is 51.3 Å². The molecule has 7 nitrogen and oxygen atoms in total. The molecule has 7 heteroatoms. The molecule has 2 atom stereocenters. The van der Waals surface area contributed by atoms with Gasteiger partial charge in [-0.25, -0.2) is 0 Å². The molecule has 146 valence electrons. The number of aromatic nitrogens is 5. The fourth-order valence-electron chi connectivity index (χ4n) is 3.83. The smallest absolute Gasteiger partial charge is 0.256 e. The van der Waals surface area contributed by atoms with Crippen molar-refractivity contribution in [1.82, 2.24) is 29.7 Å². The van der Waals surface area contributed by atoms with Gasteiger partial charge in [-0.2, -0.15) is 20.1 Å². The van der Waals surface area contributed by atoms with Gasteiger partial charge in [0.25, 0.3) is 5.91 Å². The largest absolute Gasteiger partial charge is 0.335 e. The molecule has 28 heavy (non-hydrogen) atoms. The van der Waals surface area contributed by atoms with E-state index in [4.69, 9.17) is 0 Å². The first-order chi connectivity index (χ1) is 13.5. The van der Waals surface area contributed by atoms with Crippen LogP contribution in [0.15, 0.2) is 49.1 Å². The number of hydrogen-bond acceptors (Lipinski definition) is 4. The van der Waals surface area contributed by atoms with Crippen molar-refractivity contribution in [2.45, 2.75) is 51.6 Å². The topological polar surface area (TPSA) is 68.8 Å². The average Bonchev–Trinajstić information content (AvgIpc) is 3.40. The number of piperidine rings is 1. The lowest BCUT2D eigenvalue weighted by molar-refractivity contribution is 0.0609. The van der Waals surface area contributed by atoms with E-state index in [1.54, 1.807) is 12.4 Å². The predicted molar refractivity (Wildman–Crippen MR) is 106 cm³/mol. The minimum absolute atomic E-state index is 0.0290. The molecule has 0 bridgehead atoms. The molecular weight excluding hydrogens is 352 g/mol. The summed E-state index contributed by atoms with van der Waals surface area (Å²) in [6.45, 7) is 7.07. The molecule has 1 aliphatic rings. The molecule has 0 spiro atoms. The highest BCUT2D eigenvalue weighted by molar-refractivity contribution is 5.98. The van der Waals surface area contributed by atoms with Gasteiger partial charge in [0.15, 0.2) is 0 Å². The summed E-state index contributed by atoms with van der Waals surface area (Å²) < 4.78 is 1.98. The van der Waals surface area contributed by atoms with Crippen LogP contribution in [0.3, 0.4) is 0 Å². The number of benzene rings is 1. The van der Waals surface area contributed by atoms with E-state index in [9.17, 15) is 4.79 Å². The van der Waals surface area contributed by atoms with Crippen molar-refractivity contribution < 1.29 is 4.79 Å². The molecule has 1 aromatic carbocycles. The van der Waals surface area contributed by atoms with Gasteiger partial charge in [-0.1, -0.05) is 12.1 Å². The van der Waals surface area contributed by atoms with E-state index in [0.717, 1.165) is 12.8 Å². The first-order valence-corrected chi connectivity index (χ1v) is 9.85. The zero-order valence-corrected chi connectivity index (χ0v) is 16.6. The lowest BCUT2D eigenvalue weighted by Gasteiger charge is -2.38. The second kappa shape index (κ2) is 7.58. The Morgan fingerprint density at radius 2 is 1.86 bits per heavy atom. The fraction of sp³-hybridized carbons (Fsp3) is 0.429. The maximum absolute atomic E-state index is 13.5. The third-order valence-corrected chi connectivity index (χ3v) is 5.53. The Morgan fingerprint density at radius 3 is 2.57 bits per heavy atom. The van der Waals surface area contributed by atoms with Gasteiger partial charge in [0.2, 0.25) is 0 Å². The van der Waals surface area contributed by atoms with Crippen LogP contribution in [0.1, 0.15) is 61.5 Å². The Balaban J connectivity index is 1.60. The highest BCUT2D eigenvalue weighted by Crippen LogP contribution is 2.31. The number of para-hydroxylation sites is 1. The second-order valence-electron chi connectivity index (χ2n) is 7.76. The summed E-state index contributed by atoms with van der Waals surface area (Å²) in [6, 6.07) is 8.06. The number of hydrogen-bond donors (Lipinski definition) is 0. The predicted octanol–water partition coefficient (Wildman–Crippen LogP) is 3.45. The Morgan fingerprint density at radius 1 is 1.11 bits per heavy atom. The summed E-state index contributed by atoms with van der Waals surface area (Å²) >= 11 is 0. The van der Waals surface area contributed by atoms with Gasteiger partial charge < -0.3 is 4.90 Å². The Kier molecular flexibility index (Phi) is 4.98. The van der Waals surface area contributed by atoms with Gasteiger partial charge in [0, 0.05) is 30.7 Å². The quantitative estimate of drug-likeness (QED) is 0.697. The zero-order chi connectivity index (χ0) is 19.7. The highest BCUT2D eigenvalue weighted by Gasteiger charge is 2.32. The number of likely N-dealkylation sites (tertiary alicyclic amines) is 1. The maximum Gasteiger partial charge on any atom is 0.256 e. The van der Waals surface area contributed by atoms with Crippen molar-refractivity contribution in [3.63, 3.8) is 0 Å². The summed E-state index contributed by atoms with van der Waals surface area (Å²) in [5, 5.41) is 12.9. The van der Waals surface area contributed by atoms with Gasteiger partial charge in [0.05, 0.1) is 29.8 Å². The van der Waals surface area contributed by atoms with E-state index in [0.29, 0.717) is 29.8 Å². The van der Waals surface area contributed by atoms with Gasteiger partial charge in [-0.15, -0.1) is 0 Å². The van der Waals surface area contributed by atoms with Crippen LogP contribution in [0.4, 0.5) is 0 Å². The molecule has 0 N–H and O–H groups in total. The van der Waals surface area contributed by atoms with Gasteiger partial charge in [-0.3, -0.25) is 9.48 Å². The Labute approximate surface area is 165 Å². The molecule has 1 aliphatic heterocycles. The molecule has 3 aromatic rings. The van der Waals surface area contributed by atoms with Crippen LogP contribution in [0.2, 0.25) is 0 Å². The van der Waals surface area contributed by atoms with Crippen LogP contribution in [-0.2, 0) is 0 Å². The number of rotatable bonds is 4. The molecule has 0 radical (unpaired) electrons. The van der Waals surface area contributed by atoms with Crippen molar-refractivity contribution in [1.29, 1.82) is 0 Å². The van der Waals surface area contributed by atoms with E-state index in [2.05, 4.69) is 42.3 Å². The highest BCUT2D eigenvalue weighted by atomic mass is 16.2. The van der Waals surface area contributed by atoms with Crippen molar-refractivity contribution in [3.05, 3.63) is 60.2 Å². The van der Waals surface area contributed by atoms with Crippen LogP contribution in [0.25, 0.3) is 5.69 Å². The van der Waals surface area contributed by atoms with E-state index in [-0.39, 0.29) is 11.9 Å². The van der Waals surface area contributed by atoms with Gasteiger partial charge in [0.1, 0.15) is 0 Å². The van der Waals surface area contributed by atoms with Crippen LogP contribution < -0.4 is 0 Å². The van der Waals surface area contributed by atoms with E-state index in [1.165, 1.54) is 10.4 Å². The third kappa shape index (κ3) is 3.44. The molecule has 0 unspecified atom stereocenters. The first-order valence-electron chi connectivity index (χ1n) is 9.85. The molecule has 0 saturated carbocycles. The van der Waals surface area contributed by atoms with Crippen LogP contribution in [0, 0.1) is 0 Å². The minimum Gasteiger partial charge on any atom is -0.335 e. The summed E-state index contributed by atoms with van der Waals surface area (Å²) in [7, 11) is 0. The summed E-state index contributed by atoms with van der Waals surface area (Å²) in [5.74, 6) is 0.337. The fourth-order valence-corrected chi connectivity index (χ4v) is 3.83. The minimum atomic E-state index is 0.0290. The Bertz CT molecular complexity index is 945. The monoisotopic (exact) mass is 378 g/mol. The average molecular weight is 378 g/mol. The van der Waals surface area contributed by atoms with E-state index < -0.39 is 0 Å². The summed E-state index contributed by atoms with van der Waals surface area (Å²) in [5.41, 5.74) is 2.55. The summed E-state index contributed by atoms with van der Waals surface area (Å²) in [4.78, 5) is 16.9. The van der Waals surface area contributed by atoms with Crippen molar-refractivity contribution in [3.8, 4) is 5.69 Å². The number of carbonyl (C=O) groups is 1. The molecule has 1 amide bonds. The van der Waals surface area contributed by atoms with Crippen molar-refractivity contribution in [2.75, 3.05) is 6.54 Å². The van der Waals surface area contributed by atoms with Crippen molar-refractivity contribution >= 4 is 5.91 Å². The van der Waals surface area contributed by atoms with Crippen LogP contribution in [0.5, 0.6) is 0 Å². The molecule has 1 saturated heterocycles. The van der Waals surface area contributed by atoms with Crippen LogP contribution in [-0.4, -0.2) is 48.2 Å². The molecule has 0 aliphatic carbocycles. The number of carbonyl (C=O) groups excluding carboxylic acids is 1. The number of amides is 1. The normalized spacial score (nSPS) is 19.9. The van der Waals surface area contributed by atoms with E-state index in [1.807, 2.05) is 40.0 Å². The number of nitrogens with zero attached hydrogens (tertiary/aromatic N) is 6. The van der Waals surface area contributed by atoms with Crippen molar-refractivity contribution in [2.24, 2.45) is 0 Å². The van der Waals surface area contributed by atoms with Gasteiger partial charge >= 0.3 is 0 Å². The maximum atomic E-state index is 13.5. The molecule has 1 fully saturated rings. The third-order valence-electron chi connectivity index (χ3n) is 5.53. The lowest BCUT2D eigenvalue weighted by atomic mass is 9.89. The molecular formula is C21H26N6O. The summed E-state index contributed by atoms with van der Waals surface area (Å²) in [6.07, 6.45) is 9.35. The Hall–Kier alpha value is -2.96. The second-order valence-corrected chi connectivity index (χ2v) is 7.76. The standard InChI is InChI=1S/C21H26N6O/c1-15(2)26-14-18(12-24-26)17-9-8-16(3)25(13-17)21(28)19-6-4-5-7-20(19)27-22-10-11-23-27/h4-7,10-12,14-17H,8-9,13H2,1-3H3/t16-,17-/m1/s1. The first kappa shape index (κ1) is 18.4. The van der Waals surface area contributed by atoms with E-state index >= 15 is 0 Å². The molecule has 2 aromatic heterocycles. The SMILES string of the molecule is CC(C)n1cc([C@@H]2CC[C@@H](C)N(C(=O)c3ccccc3-n3nccn3)C2)cn1. The molecule has 3 heterocycles. The molecule has 4 rings (SSSR count). The van der Waals surface area contributed by atoms with Crippen LogP contribution >= 0.6 is 0 Å². The zero-order valence-electron chi connectivity index (χ0n) is 16.6.